The van der Waals surface area contributed by atoms with Gasteiger partial charge in [0.1, 0.15) is 19.8 Å². The van der Waals surface area contributed by atoms with Crippen molar-refractivity contribution >= 4 is 19.8 Å². The summed E-state index contributed by atoms with van der Waals surface area (Å²) in [5.74, 6) is -0.833. The van der Waals surface area contributed by atoms with Crippen molar-refractivity contribution in [1.29, 1.82) is 0 Å². The molecule has 2 unspecified atom stereocenters. The van der Waals surface area contributed by atoms with E-state index in [1.165, 1.54) is 44.9 Å². The van der Waals surface area contributed by atoms with Crippen molar-refractivity contribution in [3.05, 3.63) is 134 Å². The van der Waals surface area contributed by atoms with Gasteiger partial charge in [-0.25, -0.2) is 4.57 Å². The van der Waals surface area contributed by atoms with Crippen LogP contribution in [-0.2, 0) is 32.7 Å². The molecule has 0 saturated heterocycles. The molecule has 0 radical (unpaired) electrons. The maximum atomic E-state index is 12.8. The van der Waals surface area contributed by atoms with Crippen LogP contribution >= 0.6 is 7.82 Å². The lowest BCUT2D eigenvalue weighted by molar-refractivity contribution is -0.870. The lowest BCUT2D eigenvalue weighted by Gasteiger charge is -2.24. The van der Waals surface area contributed by atoms with Gasteiger partial charge in [-0.15, -0.1) is 0 Å². The highest BCUT2D eigenvalue weighted by Gasteiger charge is 2.27. The second-order valence-corrected chi connectivity index (χ2v) is 22.1. The standard InChI is InChI=1S/C66H110NO8P/c1-6-8-10-12-14-16-18-20-22-23-24-25-26-27-28-29-30-31-32-33-34-35-36-37-38-39-40-41-42-43-45-47-49-51-53-55-57-59-66(69)75-64(63-74-76(70,71)73-61-60-67(3,4)5)62-72-65(68)58-56-54-52-50-48-46-44-21-19-17-15-13-11-9-7-2/h8,10,14,16,20-22,24-25,27-28,30-31,33-34,36-37,39-40,42-44,64H,6-7,9,11-13,15,17-19,23,26,29,32,35,38,41,45-63H2,1-5H3/p+1/b10-8-,16-14-,22-20-,25-24-,28-27-,31-30-,34-33-,37-36-,40-39-,43-42-,44-21-. The molecule has 10 heteroatoms. The summed E-state index contributed by atoms with van der Waals surface area (Å²) in [5, 5.41) is 0. The topological polar surface area (TPSA) is 108 Å². The first-order valence-electron chi connectivity index (χ1n) is 29.9. The molecule has 0 bridgehead atoms. The molecule has 0 heterocycles. The normalized spacial score (nSPS) is 14.2. The van der Waals surface area contributed by atoms with Crippen molar-refractivity contribution in [3.63, 3.8) is 0 Å². The van der Waals surface area contributed by atoms with Crippen LogP contribution in [-0.4, -0.2) is 74.9 Å². The van der Waals surface area contributed by atoms with Gasteiger partial charge in [0.05, 0.1) is 27.7 Å². The van der Waals surface area contributed by atoms with Crippen molar-refractivity contribution in [2.24, 2.45) is 0 Å². The number of rotatable bonds is 53. The van der Waals surface area contributed by atoms with Gasteiger partial charge >= 0.3 is 19.8 Å². The zero-order valence-corrected chi connectivity index (χ0v) is 49.8. The van der Waals surface area contributed by atoms with E-state index in [1.54, 1.807) is 0 Å². The van der Waals surface area contributed by atoms with Gasteiger partial charge in [0.15, 0.2) is 6.10 Å². The number of esters is 2. The number of carbonyl (C=O) groups is 2. The molecule has 1 N–H and O–H groups in total. The van der Waals surface area contributed by atoms with Gasteiger partial charge < -0.3 is 18.9 Å². The van der Waals surface area contributed by atoms with Gasteiger partial charge in [-0.2, -0.15) is 0 Å². The molecule has 0 aromatic carbocycles. The highest BCUT2D eigenvalue weighted by molar-refractivity contribution is 7.47. The van der Waals surface area contributed by atoms with Crippen molar-refractivity contribution in [2.75, 3.05) is 47.5 Å². The second kappa shape index (κ2) is 55.9. The van der Waals surface area contributed by atoms with Crippen LogP contribution in [0.2, 0.25) is 0 Å². The van der Waals surface area contributed by atoms with E-state index in [0.717, 1.165) is 141 Å². The predicted molar refractivity (Wildman–Crippen MR) is 325 cm³/mol. The fraction of sp³-hybridized carbons (Fsp3) is 0.636. The number of quaternary nitrogens is 1. The summed E-state index contributed by atoms with van der Waals surface area (Å²) >= 11 is 0. The minimum Gasteiger partial charge on any atom is -0.462 e. The van der Waals surface area contributed by atoms with E-state index in [9.17, 15) is 19.0 Å². The third-order valence-corrected chi connectivity index (χ3v) is 13.1. The van der Waals surface area contributed by atoms with Crippen LogP contribution in [0.3, 0.4) is 0 Å². The number of allylic oxidation sites excluding steroid dienone is 22. The molecule has 0 aliphatic rings. The lowest BCUT2D eigenvalue weighted by Crippen LogP contribution is -2.37. The summed E-state index contributed by atoms with van der Waals surface area (Å²) in [6.07, 6.45) is 81.0. The molecule has 0 fully saturated rings. The Morgan fingerprint density at radius 1 is 0.421 bits per heavy atom. The Labute approximate surface area is 466 Å². The third-order valence-electron chi connectivity index (χ3n) is 12.2. The van der Waals surface area contributed by atoms with Crippen LogP contribution in [0.15, 0.2) is 134 Å². The summed E-state index contributed by atoms with van der Waals surface area (Å²) in [6, 6.07) is 0. The summed E-state index contributed by atoms with van der Waals surface area (Å²) in [6.45, 7) is 4.27. The fourth-order valence-electron chi connectivity index (χ4n) is 7.57. The number of hydrogen-bond donors (Lipinski definition) is 1. The van der Waals surface area contributed by atoms with Crippen molar-refractivity contribution < 1.29 is 42.1 Å². The number of unbranched alkanes of at least 4 members (excludes halogenated alkanes) is 17. The lowest BCUT2D eigenvalue weighted by atomic mass is 10.1. The minimum atomic E-state index is -4.40. The maximum absolute atomic E-state index is 12.8. The van der Waals surface area contributed by atoms with Crippen LogP contribution in [0.25, 0.3) is 0 Å². The number of hydrogen-bond acceptors (Lipinski definition) is 7. The largest absolute Gasteiger partial charge is 0.472 e. The molecule has 0 saturated carbocycles. The van der Waals surface area contributed by atoms with Crippen LogP contribution in [0.5, 0.6) is 0 Å². The molecule has 0 spiro atoms. The summed E-state index contributed by atoms with van der Waals surface area (Å²) in [7, 11) is 1.44. The van der Waals surface area contributed by atoms with E-state index in [1.807, 2.05) is 21.1 Å². The first-order chi connectivity index (χ1) is 37.0. The zero-order chi connectivity index (χ0) is 55.6. The first kappa shape index (κ1) is 72.2. The van der Waals surface area contributed by atoms with Gasteiger partial charge in [-0.3, -0.25) is 18.6 Å². The molecule has 0 rings (SSSR count). The number of ether oxygens (including phenoxy) is 2. The SMILES string of the molecule is CC/C=C\C/C=C\C/C=C\C/C=C\C/C=C\C/C=C\C/C=C\C/C=C\C/C=C\C/C=C\CCCCCCCCC(=O)OC(COC(=O)CCCCCCC/C=C\CCCCCCCC)COP(=O)(O)OCC[N+](C)(C)C. The van der Waals surface area contributed by atoms with E-state index >= 15 is 0 Å². The summed E-state index contributed by atoms with van der Waals surface area (Å²) < 4.78 is 34.5. The Morgan fingerprint density at radius 3 is 1.13 bits per heavy atom. The number of nitrogens with zero attached hydrogens (tertiary/aromatic N) is 1. The minimum absolute atomic E-state index is 0.0206. The number of phosphoric ester groups is 1. The average molecular weight is 1080 g/mol. The van der Waals surface area contributed by atoms with E-state index in [4.69, 9.17) is 18.5 Å². The van der Waals surface area contributed by atoms with Gasteiger partial charge in [0.25, 0.3) is 0 Å². The van der Waals surface area contributed by atoms with Gasteiger partial charge in [-0.05, 0) is 116 Å². The molecule has 2 atom stereocenters. The predicted octanol–water partition coefficient (Wildman–Crippen LogP) is 18.9. The Bertz CT molecular complexity index is 1740. The summed E-state index contributed by atoms with van der Waals surface area (Å²) in [5.41, 5.74) is 0. The second-order valence-electron chi connectivity index (χ2n) is 20.6. The van der Waals surface area contributed by atoms with E-state index in [2.05, 4.69) is 148 Å². The van der Waals surface area contributed by atoms with Crippen LogP contribution in [0.1, 0.15) is 219 Å². The molecule has 0 amide bonds. The van der Waals surface area contributed by atoms with Crippen molar-refractivity contribution in [1.82, 2.24) is 0 Å². The maximum Gasteiger partial charge on any atom is 0.472 e. The number of phosphoric acid groups is 1. The highest BCUT2D eigenvalue weighted by Crippen LogP contribution is 2.43. The monoisotopic (exact) mass is 1080 g/mol. The van der Waals surface area contributed by atoms with E-state index < -0.39 is 26.5 Å². The van der Waals surface area contributed by atoms with E-state index in [0.29, 0.717) is 17.4 Å². The Kier molecular flexibility index (Phi) is 53.1. The fourth-order valence-corrected chi connectivity index (χ4v) is 8.31. The molecular weight excluding hydrogens is 966 g/mol. The van der Waals surface area contributed by atoms with Gasteiger partial charge in [-0.1, -0.05) is 225 Å². The first-order valence-corrected chi connectivity index (χ1v) is 31.4. The van der Waals surface area contributed by atoms with Crippen molar-refractivity contribution in [3.8, 4) is 0 Å². The highest BCUT2D eigenvalue weighted by atomic mass is 31.2. The molecule has 76 heavy (non-hydrogen) atoms. The van der Waals surface area contributed by atoms with Gasteiger partial charge in [0, 0.05) is 12.8 Å². The quantitative estimate of drug-likeness (QED) is 0.0211. The Hall–Kier alpha value is -3.85. The number of carbonyl (C=O) groups excluding carboxylic acids is 2. The van der Waals surface area contributed by atoms with Crippen LogP contribution < -0.4 is 0 Å². The molecule has 9 nitrogen and oxygen atoms in total. The Morgan fingerprint density at radius 2 is 0.750 bits per heavy atom. The molecule has 0 aliphatic carbocycles. The Balaban J connectivity index is 4.19. The zero-order valence-electron chi connectivity index (χ0n) is 48.9. The van der Waals surface area contributed by atoms with Crippen molar-refractivity contribution in [2.45, 2.75) is 225 Å². The van der Waals surface area contributed by atoms with Crippen LogP contribution in [0, 0.1) is 0 Å². The molecular formula is C66H111NO8P+. The van der Waals surface area contributed by atoms with Crippen LogP contribution in [0.4, 0.5) is 0 Å². The molecule has 0 aromatic rings. The third kappa shape index (κ3) is 59.4. The van der Waals surface area contributed by atoms with Gasteiger partial charge in [0.2, 0.25) is 0 Å². The molecule has 0 aliphatic heterocycles. The number of likely N-dealkylation sites (N-methyl/N-ethyl adjacent to an activating group) is 1. The summed E-state index contributed by atoms with van der Waals surface area (Å²) in [4.78, 5) is 35.6. The molecule has 432 valence electrons. The van der Waals surface area contributed by atoms with E-state index in [-0.39, 0.29) is 32.0 Å². The average Bonchev–Trinajstić information content (AvgIpc) is 3.38. The molecule has 0 aromatic heterocycles. The smallest absolute Gasteiger partial charge is 0.462 e.